The number of amides is 2. The fourth-order valence-corrected chi connectivity index (χ4v) is 5.92. The van der Waals surface area contributed by atoms with E-state index in [9.17, 15) is 19.5 Å². The predicted octanol–water partition coefficient (Wildman–Crippen LogP) is 2.10. The van der Waals surface area contributed by atoms with Crippen molar-refractivity contribution in [1.82, 2.24) is 4.90 Å². The Morgan fingerprint density at radius 3 is 2.79 bits per heavy atom. The number of ether oxygens (including phenoxy) is 2. The SMILES string of the molecule is CCOC(=O)[C@@H]1[C@H]2C(=O)N(CCCO)[C@H](C(=O)Nc3ccc4ccccc4c3)[C@]23CC[C@H]1O3. The summed E-state index contributed by atoms with van der Waals surface area (Å²) in [6.45, 7) is 2.06. The molecule has 2 N–H and O–H groups in total. The number of rotatable bonds is 7. The van der Waals surface area contributed by atoms with Crippen molar-refractivity contribution in [3.05, 3.63) is 42.5 Å². The van der Waals surface area contributed by atoms with Gasteiger partial charge in [-0.1, -0.05) is 30.3 Å². The van der Waals surface area contributed by atoms with Crippen LogP contribution in [0.1, 0.15) is 26.2 Å². The van der Waals surface area contributed by atoms with Gasteiger partial charge in [-0.05, 0) is 49.1 Å². The summed E-state index contributed by atoms with van der Waals surface area (Å²) < 4.78 is 11.5. The summed E-state index contributed by atoms with van der Waals surface area (Å²) >= 11 is 0. The van der Waals surface area contributed by atoms with Gasteiger partial charge in [0.25, 0.3) is 0 Å². The van der Waals surface area contributed by atoms with Crippen LogP contribution in [0.5, 0.6) is 0 Å². The van der Waals surface area contributed by atoms with E-state index in [1.165, 1.54) is 4.90 Å². The number of hydrogen-bond acceptors (Lipinski definition) is 6. The quantitative estimate of drug-likeness (QED) is 0.624. The minimum atomic E-state index is -1.06. The van der Waals surface area contributed by atoms with Gasteiger partial charge in [-0.3, -0.25) is 14.4 Å². The molecular weight excluding hydrogens is 424 g/mol. The van der Waals surface area contributed by atoms with E-state index < -0.39 is 35.6 Å². The normalized spacial score (nSPS) is 30.0. The zero-order valence-corrected chi connectivity index (χ0v) is 18.5. The molecule has 33 heavy (non-hydrogen) atoms. The van der Waals surface area contributed by atoms with Gasteiger partial charge in [0, 0.05) is 18.8 Å². The molecule has 3 fully saturated rings. The van der Waals surface area contributed by atoms with Crippen molar-refractivity contribution < 1.29 is 29.0 Å². The van der Waals surface area contributed by atoms with Crippen molar-refractivity contribution in [1.29, 1.82) is 0 Å². The first-order chi connectivity index (χ1) is 16.0. The van der Waals surface area contributed by atoms with E-state index in [0.717, 1.165) is 10.8 Å². The number of nitrogens with zero attached hydrogens (tertiary/aromatic N) is 1. The van der Waals surface area contributed by atoms with Crippen LogP contribution in [0.4, 0.5) is 5.69 Å². The molecule has 2 aromatic rings. The lowest BCUT2D eigenvalue weighted by Crippen LogP contribution is -2.53. The highest BCUT2D eigenvalue weighted by molar-refractivity contribution is 6.04. The molecule has 5 rings (SSSR count). The van der Waals surface area contributed by atoms with Gasteiger partial charge in [0.1, 0.15) is 11.6 Å². The largest absolute Gasteiger partial charge is 0.466 e. The second kappa shape index (κ2) is 8.43. The predicted molar refractivity (Wildman–Crippen MR) is 120 cm³/mol. The first-order valence-electron chi connectivity index (χ1n) is 11.6. The van der Waals surface area contributed by atoms with Gasteiger partial charge in [-0.2, -0.15) is 0 Å². The number of nitrogens with one attached hydrogen (secondary N) is 1. The lowest BCUT2D eigenvalue weighted by atomic mass is 9.71. The van der Waals surface area contributed by atoms with Gasteiger partial charge in [0.2, 0.25) is 11.8 Å². The van der Waals surface area contributed by atoms with E-state index in [1.54, 1.807) is 6.92 Å². The van der Waals surface area contributed by atoms with Crippen molar-refractivity contribution in [2.75, 3.05) is 25.1 Å². The van der Waals surface area contributed by atoms with Gasteiger partial charge >= 0.3 is 5.97 Å². The molecule has 3 saturated heterocycles. The molecule has 0 unspecified atom stereocenters. The summed E-state index contributed by atoms with van der Waals surface area (Å²) in [5, 5.41) is 14.4. The number of hydrogen-bond donors (Lipinski definition) is 2. The molecule has 3 aliphatic heterocycles. The van der Waals surface area contributed by atoms with Crippen LogP contribution in [0, 0.1) is 11.8 Å². The molecule has 0 radical (unpaired) electrons. The number of esters is 1. The van der Waals surface area contributed by atoms with E-state index >= 15 is 0 Å². The molecule has 8 heteroatoms. The Bertz CT molecular complexity index is 1100. The number of carbonyl (C=O) groups is 3. The van der Waals surface area contributed by atoms with Gasteiger partial charge in [0.15, 0.2) is 0 Å². The number of benzene rings is 2. The summed E-state index contributed by atoms with van der Waals surface area (Å²) in [7, 11) is 0. The smallest absolute Gasteiger partial charge is 0.312 e. The molecule has 0 aliphatic carbocycles. The van der Waals surface area contributed by atoms with Crippen molar-refractivity contribution in [3.8, 4) is 0 Å². The lowest BCUT2D eigenvalue weighted by Gasteiger charge is -2.33. The number of aliphatic hydroxyl groups is 1. The summed E-state index contributed by atoms with van der Waals surface area (Å²) in [6.07, 6.45) is 1.03. The Morgan fingerprint density at radius 2 is 2.03 bits per heavy atom. The van der Waals surface area contributed by atoms with Crippen LogP contribution in [0.3, 0.4) is 0 Å². The van der Waals surface area contributed by atoms with Crippen LogP contribution in [-0.2, 0) is 23.9 Å². The van der Waals surface area contributed by atoms with E-state index in [0.29, 0.717) is 24.9 Å². The Kier molecular flexibility index (Phi) is 5.58. The molecule has 0 saturated carbocycles. The Labute approximate surface area is 191 Å². The van der Waals surface area contributed by atoms with E-state index in [-0.39, 0.29) is 31.6 Å². The second-order valence-corrected chi connectivity index (χ2v) is 8.97. The van der Waals surface area contributed by atoms with Crippen molar-refractivity contribution in [3.63, 3.8) is 0 Å². The minimum absolute atomic E-state index is 0.106. The average molecular weight is 453 g/mol. The third-order valence-electron chi connectivity index (χ3n) is 7.18. The molecule has 3 aliphatic rings. The Balaban J connectivity index is 1.48. The molecule has 3 heterocycles. The van der Waals surface area contributed by atoms with Gasteiger partial charge in [-0.25, -0.2) is 0 Å². The number of anilines is 1. The Morgan fingerprint density at radius 1 is 1.24 bits per heavy atom. The monoisotopic (exact) mass is 452 g/mol. The zero-order chi connectivity index (χ0) is 23.2. The molecule has 8 nitrogen and oxygen atoms in total. The number of likely N-dealkylation sites (tertiary alicyclic amines) is 1. The molecule has 5 atom stereocenters. The van der Waals surface area contributed by atoms with E-state index in [2.05, 4.69) is 5.32 Å². The van der Waals surface area contributed by atoms with Crippen LogP contribution < -0.4 is 5.32 Å². The van der Waals surface area contributed by atoms with E-state index in [1.807, 2.05) is 42.5 Å². The van der Waals surface area contributed by atoms with Crippen molar-refractivity contribution in [2.24, 2.45) is 11.8 Å². The standard InChI is InChI=1S/C25H28N2O6/c1-2-32-24(31)19-18-10-11-25(33-18)20(19)23(30)27(12-5-13-28)21(25)22(29)26-17-9-8-15-6-3-4-7-16(15)14-17/h3-4,6-9,14,18-21,28H,2,5,10-13H2,1H3,(H,26,29)/t18-,19+,20+,21-,25+/m1/s1. The summed E-state index contributed by atoms with van der Waals surface area (Å²) in [5.41, 5.74) is -0.433. The molecule has 174 valence electrons. The highest BCUT2D eigenvalue weighted by Gasteiger charge is 2.74. The Hall–Kier alpha value is -2.97. The van der Waals surface area contributed by atoms with Crippen molar-refractivity contribution in [2.45, 2.75) is 43.9 Å². The third-order valence-corrected chi connectivity index (χ3v) is 7.18. The van der Waals surface area contributed by atoms with E-state index in [4.69, 9.17) is 9.47 Å². The number of fused-ring (bicyclic) bond motifs is 2. The molecular formula is C25H28N2O6. The van der Waals surface area contributed by atoms with Gasteiger partial charge in [-0.15, -0.1) is 0 Å². The fourth-order valence-electron chi connectivity index (χ4n) is 5.92. The van der Waals surface area contributed by atoms with Crippen molar-refractivity contribution >= 4 is 34.2 Å². The van der Waals surface area contributed by atoms with Crippen LogP contribution >= 0.6 is 0 Å². The maximum atomic E-state index is 13.6. The molecule has 2 amide bonds. The van der Waals surface area contributed by atoms with Gasteiger partial charge in [0.05, 0.1) is 24.5 Å². The third kappa shape index (κ3) is 3.40. The first-order valence-corrected chi connectivity index (χ1v) is 11.6. The summed E-state index contributed by atoms with van der Waals surface area (Å²) in [6, 6.07) is 12.6. The first kappa shape index (κ1) is 21.9. The maximum Gasteiger partial charge on any atom is 0.312 e. The summed E-state index contributed by atoms with van der Waals surface area (Å²) in [4.78, 5) is 41.4. The van der Waals surface area contributed by atoms with Crippen LogP contribution in [0.15, 0.2) is 42.5 Å². The van der Waals surface area contributed by atoms with Crippen LogP contribution in [0.25, 0.3) is 10.8 Å². The molecule has 2 aromatic carbocycles. The molecule has 2 bridgehead atoms. The summed E-state index contributed by atoms with van der Waals surface area (Å²) in [5.74, 6) is -2.52. The zero-order valence-electron chi connectivity index (χ0n) is 18.5. The van der Waals surface area contributed by atoms with Crippen LogP contribution in [-0.4, -0.2) is 65.3 Å². The van der Waals surface area contributed by atoms with Crippen LogP contribution in [0.2, 0.25) is 0 Å². The van der Waals surface area contributed by atoms with Gasteiger partial charge < -0.3 is 24.8 Å². The minimum Gasteiger partial charge on any atom is -0.466 e. The highest BCUT2D eigenvalue weighted by atomic mass is 16.6. The topological polar surface area (TPSA) is 105 Å². The second-order valence-electron chi connectivity index (χ2n) is 8.97. The molecule has 0 aromatic heterocycles. The maximum absolute atomic E-state index is 13.6. The fraction of sp³-hybridized carbons (Fsp3) is 0.480. The number of carbonyl (C=O) groups excluding carboxylic acids is 3. The lowest BCUT2D eigenvalue weighted by molar-refractivity contribution is -0.154. The molecule has 1 spiro atoms. The average Bonchev–Trinajstić information content (AvgIpc) is 3.45. The number of aliphatic hydroxyl groups excluding tert-OH is 1. The highest BCUT2D eigenvalue weighted by Crippen LogP contribution is 2.58.